The zero-order valence-corrected chi connectivity index (χ0v) is 9.39. The van der Waals surface area contributed by atoms with Crippen molar-refractivity contribution >= 4 is 11.7 Å². The largest absolute Gasteiger partial charge is 0.462 e. The first-order valence-corrected chi connectivity index (χ1v) is 4.87. The Hall–Kier alpha value is -2.42. The Bertz CT molecular complexity index is 517. The van der Waals surface area contributed by atoms with Crippen LogP contribution >= 0.6 is 0 Å². The lowest BCUT2D eigenvalue weighted by Gasteiger charge is -2.05. The van der Waals surface area contributed by atoms with Crippen molar-refractivity contribution in [2.24, 2.45) is 0 Å². The highest BCUT2D eigenvalue weighted by molar-refractivity contribution is 5.94. The van der Waals surface area contributed by atoms with Crippen LogP contribution in [0.4, 0.5) is 5.69 Å². The lowest BCUT2D eigenvalue weighted by atomic mass is 10.0. The summed E-state index contributed by atoms with van der Waals surface area (Å²) in [5.74, 6) is -0.726. The lowest BCUT2D eigenvalue weighted by Crippen LogP contribution is -2.09. The smallest absolute Gasteiger partial charge is 0.339 e. The fraction of sp³-hybridized carbons (Fsp3) is 0.273. The molecule has 0 aliphatic carbocycles. The van der Waals surface area contributed by atoms with Gasteiger partial charge in [0.15, 0.2) is 0 Å². The van der Waals surface area contributed by atoms with Crippen molar-refractivity contribution in [3.63, 3.8) is 0 Å². The van der Waals surface area contributed by atoms with Crippen LogP contribution < -0.4 is 0 Å². The van der Waals surface area contributed by atoms with Crippen LogP contribution in [0.15, 0.2) is 12.1 Å². The molecule has 1 aromatic rings. The number of ether oxygens (including phenoxy) is 1. The summed E-state index contributed by atoms with van der Waals surface area (Å²) in [7, 11) is 0. The molecule has 0 bridgehead atoms. The number of nitriles is 1. The van der Waals surface area contributed by atoms with Crippen molar-refractivity contribution < 1.29 is 14.5 Å². The van der Waals surface area contributed by atoms with Gasteiger partial charge >= 0.3 is 5.97 Å². The summed E-state index contributed by atoms with van der Waals surface area (Å²) in [4.78, 5) is 21.6. The fourth-order valence-electron chi connectivity index (χ4n) is 1.40. The number of rotatable bonds is 3. The SMILES string of the molecule is CCOC(=O)c1cc(C)cc([N+](=O)[O-])c1C#N. The first-order chi connectivity index (χ1) is 8.01. The summed E-state index contributed by atoms with van der Waals surface area (Å²) in [6, 6.07) is 4.33. The van der Waals surface area contributed by atoms with Gasteiger partial charge in [-0.3, -0.25) is 10.1 Å². The molecule has 0 saturated carbocycles. The Balaban J connectivity index is 3.45. The molecule has 1 aromatic carbocycles. The summed E-state index contributed by atoms with van der Waals surface area (Å²) in [6.07, 6.45) is 0. The highest BCUT2D eigenvalue weighted by Crippen LogP contribution is 2.24. The van der Waals surface area contributed by atoms with Crippen molar-refractivity contribution in [2.45, 2.75) is 13.8 Å². The third-order valence-electron chi connectivity index (χ3n) is 2.07. The zero-order valence-electron chi connectivity index (χ0n) is 9.39. The predicted molar refractivity (Wildman–Crippen MR) is 58.5 cm³/mol. The van der Waals surface area contributed by atoms with Crippen LogP contribution in [0.2, 0.25) is 0 Å². The topological polar surface area (TPSA) is 93.2 Å². The highest BCUT2D eigenvalue weighted by atomic mass is 16.6. The standard InChI is InChI=1S/C11H10N2O4/c1-3-17-11(14)8-4-7(2)5-10(13(15)16)9(8)6-12/h4-5H,3H2,1-2H3. The molecule has 0 spiro atoms. The van der Waals surface area contributed by atoms with Gasteiger partial charge in [0.25, 0.3) is 5.69 Å². The van der Waals surface area contributed by atoms with E-state index >= 15 is 0 Å². The molecule has 88 valence electrons. The maximum Gasteiger partial charge on any atom is 0.339 e. The Labute approximate surface area is 97.6 Å². The first-order valence-electron chi connectivity index (χ1n) is 4.87. The number of nitro benzene ring substituents is 1. The van der Waals surface area contributed by atoms with E-state index in [0.717, 1.165) is 0 Å². The number of nitro groups is 1. The van der Waals surface area contributed by atoms with Crippen LogP contribution in [-0.4, -0.2) is 17.5 Å². The second-order valence-corrected chi connectivity index (χ2v) is 3.30. The minimum atomic E-state index is -0.726. The molecule has 0 heterocycles. The molecule has 0 fully saturated rings. The van der Waals surface area contributed by atoms with Crippen molar-refractivity contribution in [3.05, 3.63) is 38.9 Å². The van der Waals surface area contributed by atoms with Gasteiger partial charge in [-0.2, -0.15) is 5.26 Å². The van der Waals surface area contributed by atoms with E-state index in [-0.39, 0.29) is 23.4 Å². The maximum atomic E-state index is 11.6. The highest BCUT2D eigenvalue weighted by Gasteiger charge is 2.23. The average Bonchev–Trinajstić information content (AvgIpc) is 2.28. The van der Waals surface area contributed by atoms with Crippen LogP contribution in [0, 0.1) is 28.4 Å². The van der Waals surface area contributed by atoms with Crippen LogP contribution in [0.25, 0.3) is 0 Å². The monoisotopic (exact) mass is 234 g/mol. The van der Waals surface area contributed by atoms with Crippen LogP contribution in [-0.2, 0) is 4.74 Å². The van der Waals surface area contributed by atoms with Crippen molar-refractivity contribution in [3.8, 4) is 6.07 Å². The molecule has 0 radical (unpaired) electrons. The van der Waals surface area contributed by atoms with Gasteiger partial charge < -0.3 is 4.74 Å². The third kappa shape index (κ3) is 2.58. The molecule has 0 amide bonds. The van der Waals surface area contributed by atoms with E-state index in [0.29, 0.717) is 5.56 Å². The minimum absolute atomic E-state index is 0.0685. The predicted octanol–water partition coefficient (Wildman–Crippen LogP) is 1.95. The molecule has 0 aromatic heterocycles. The molecule has 0 aliphatic rings. The summed E-state index contributed by atoms with van der Waals surface area (Å²) in [5.41, 5.74) is -0.186. The number of carbonyl (C=O) groups is 1. The van der Waals surface area contributed by atoms with Crippen LogP contribution in [0.5, 0.6) is 0 Å². The van der Waals surface area contributed by atoms with E-state index in [1.165, 1.54) is 12.1 Å². The van der Waals surface area contributed by atoms with Crippen molar-refractivity contribution in [1.29, 1.82) is 5.26 Å². The number of benzene rings is 1. The number of aryl methyl sites for hydroxylation is 1. The molecular formula is C11H10N2O4. The summed E-state index contributed by atoms with van der Waals surface area (Å²) in [5, 5.41) is 19.7. The third-order valence-corrected chi connectivity index (χ3v) is 2.07. The quantitative estimate of drug-likeness (QED) is 0.452. The van der Waals surface area contributed by atoms with Gasteiger partial charge in [-0.1, -0.05) is 0 Å². The van der Waals surface area contributed by atoms with Gasteiger partial charge in [0, 0.05) is 6.07 Å². The van der Waals surface area contributed by atoms with Gasteiger partial charge in [-0.15, -0.1) is 0 Å². The van der Waals surface area contributed by atoms with Crippen molar-refractivity contribution in [2.75, 3.05) is 6.61 Å². The molecule has 0 atom stereocenters. The van der Waals surface area contributed by atoms with Crippen molar-refractivity contribution in [1.82, 2.24) is 0 Å². The summed E-state index contributed by atoms with van der Waals surface area (Å²) >= 11 is 0. The van der Waals surface area contributed by atoms with Gasteiger partial charge in [-0.25, -0.2) is 4.79 Å². The average molecular weight is 234 g/mol. The molecular weight excluding hydrogens is 224 g/mol. The Morgan fingerprint density at radius 3 is 2.71 bits per heavy atom. The number of nitrogens with zero attached hydrogens (tertiary/aromatic N) is 2. The molecule has 6 heteroatoms. The van der Waals surface area contributed by atoms with Gasteiger partial charge in [0.05, 0.1) is 17.1 Å². The van der Waals surface area contributed by atoms with E-state index in [1.54, 1.807) is 19.9 Å². The van der Waals surface area contributed by atoms with E-state index in [9.17, 15) is 14.9 Å². The molecule has 1 rings (SSSR count). The van der Waals surface area contributed by atoms with Gasteiger partial charge in [0.1, 0.15) is 11.6 Å². The second kappa shape index (κ2) is 5.07. The Morgan fingerprint density at radius 2 is 2.24 bits per heavy atom. The minimum Gasteiger partial charge on any atom is -0.462 e. The summed E-state index contributed by atoms with van der Waals surface area (Å²) < 4.78 is 4.75. The molecule has 17 heavy (non-hydrogen) atoms. The lowest BCUT2D eigenvalue weighted by molar-refractivity contribution is -0.385. The van der Waals surface area contributed by atoms with E-state index in [1.807, 2.05) is 0 Å². The zero-order chi connectivity index (χ0) is 13.0. The number of hydrogen-bond acceptors (Lipinski definition) is 5. The van der Waals surface area contributed by atoms with Crippen LogP contribution in [0.3, 0.4) is 0 Å². The molecule has 0 unspecified atom stereocenters. The molecule has 0 saturated heterocycles. The van der Waals surface area contributed by atoms with Crippen LogP contribution in [0.1, 0.15) is 28.4 Å². The second-order valence-electron chi connectivity index (χ2n) is 3.30. The Morgan fingerprint density at radius 1 is 1.59 bits per heavy atom. The molecule has 6 nitrogen and oxygen atoms in total. The van der Waals surface area contributed by atoms with E-state index in [4.69, 9.17) is 10.00 Å². The van der Waals surface area contributed by atoms with Gasteiger partial charge in [-0.05, 0) is 25.5 Å². The van der Waals surface area contributed by atoms with Gasteiger partial charge in [0.2, 0.25) is 0 Å². The number of esters is 1. The summed E-state index contributed by atoms with van der Waals surface area (Å²) in [6.45, 7) is 3.37. The van der Waals surface area contributed by atoms with E-state index < -0.39 is 10.9 Å². The molecule has 0 N–H and O–H groups in total. The first kappa shape index (κ1) is 12.6. The number of hydrogen-bond donors (Lipinski definition) is 0. The van der Waals surface area contributed by atoms with E-state index in [2.05, 4.69) is 0 Å². The fourth-order valence-corrected chi connectivity index (χ4v) is 1.40. The number of carbonyl (C=O) groups excluding carboxylic acids is 1. The maximum absolute atomic E-state index is 11.6. The normalized spacial score (nSPS) is 9.47. The molecule has 0 aliphatic heterocycles. The Kier molecular flexibility index (Phi) is 3.78.